The molecule has 3 N–H and O–H groups in total. The Balaban J connectivity index is 2.25. The molecule has 0 spiro atoms. The van der Waals surface area contributed by atoms with Crippen molar-refractivity contribution in [3.8, 4) is 11.5 Å². The molecule has 128 valence electrons. The number of carbonyl (C=O) groups is 1. The van der Waals surface area contributed by atoms with Gasteiger partial charge in [-0.05, 0) is 44.2 Å². The number of nitrogen functional groups attached to an aromatic ring is 1. The van der Waals surface area contributed by atoms with Crippen molar-refractivity contribution < 1.29 is 14.3 Å². The lowest BCUT2D eigenvalue weighted by atomic mass is 10.1. The maximum atomic E-state index is 12.4. The first-order valence-electron chi connectivity index (χ1n) is 7.41. The van der Waals surface area contributed by atoms with Crippen LogP contribution in [0.25, 0.3) is 0 Å². The van der Waals surface area contributed by atoms with Crippen LogP contribution in [0.4, 0.5) is 11.4 Å². The first-order valence-corrected chi connectivity index (χ1v) is 8.17. The van der Waals surface area contributed by atoms with Crippen LogP contribution in [0.15, 0.2) is 30.3 Å². The zero-order valence-corrected chi connectivity index (χ0v) is 14.9. The lowest BCUT2D eigenvalue weighted by Gasteiger charge is -2.13. The van der Waals surface area contributed by atoms with E-state index in [1.54, 1.807) is 30.3 Å². The Hall–Kier alpha value is -2.11. The minimum atomic E-state index is -0.323. The molecule has 0 saturated carbocycles. The molecule has 1 amide bonds. The summed E-state index contributed by atoms with van der Waals surface area (Å²) < 4.78 is 11.0. The quantitative estimate of drug-likeness (QED) is 0.729. The molecule has 0 aromatic heterocycles. The third-order valence-electron chi connectivity index (χ3n) is 3.14. The summed E-state index contributed by atoms with van der Waals surface area (Å²) in [6.07, 6.45) is 0. The van der Waals surface area contributed by atoms with Crippen LogP contribution in [0.2, 0.25) is 10.0 Å². The second kappa shape index (κ2) is 8.13. The van der Waals surface area contributed by atoms with E-state index in [2.05, 4.69) is 5.32 Å². The van der Waals surface area contributed by atoms with Gasteiger partial charge in [0.05, 0.1) is 28.9 Å². The van der Waals surface area contributed by atoms with E-state index in [-0.39, 0.29) is 21.6 Å². The van der Waals surface area contributed by atoms with E-state index in [0.717, 1.165) is 0 Å². The van der Waals surface area contributed by atoms with Gasteiger partial charge in [0.2, 0.25) is 0 Å². The summed E-state index contributed by atoms with van der Waals surface area (Å²) in [5, 5.41) is 3.28. The van der Waals surface area contributed by atoms with Gasteiger partial charge in [-0.15, -0.1) is 0 Å². The normalized spacial score (nSPS) is 10.3. The fraction of sp³-hybridized carbons (Fsp3) is 0.235. The fourth-order valence-electron chi connectivity index (χ4n) is 2.05. The molecule has 24 heavy (non-hydrogen) atoms. The molecule has 0 fully saturated rings. The molecule has 0 saturated heterocycles. The Morgan fingerprint density at radius 2 is 1.62 bits per heavy atom. The van der Waals surface area contributed by atoms with Gasteiger partial charge in [-0.2, -0.15) is 0 Å². The number of nitrogens with two attached hydrogens (primary N) is 1. The predicted octanol–water partition coefficient (Wildman–Crippen LogP) is 4.63. The average Bonchev–Trinajstić information content (AvgIpc) is 2.54. The van der Waals surface area contributed by atoms with Crippen molar-refractivity contribution in [3.05, 3.63) is 45.9 Å². The van der Waals surface area contributed by atoms with E-state index in [1.165, 1.54) is 0 Å². The molecule has 0 bridgehead atoms. The minimum Gasteiger partial charge on any atom is -0.490 e. The molecule has 2 rings (SSSR count). The molecule has 2 aromatic carbocycles. The molecular formula is C17H18Cl2N2O3. The highest BCUT2D eigenvalue weighted by molar-refractivity contribution is 6.39. The molecule has 0 unspecified atom stereocenters. The first-order chi connectivity index (χ1) is 11.5. The van der Waals surface area contributed by atoms with Gasteiger partial charge >= 0.3 is 0 Å². The van der Waals surface area contributed by atoms with Crippen LogP contribution in [0, 0.1) is 0 Å². The van der Waals surface area contributed by atoms with Crippen LogP contribution in [0.5, 0.6) is 11.5 Å². The zero-order chi connectivity index (χ0) is 17.7. The Labute approximate surface area is 150 Å². The second-order valence-electron chi connectivity index (χ2n) is 4.84. The van der Waals surface area contributed by atoms with Crippen LogP contribution >= 0.6 is 23.2 Å². The Morgan fingerprint density at radius 1 is 1.04 bits per heavy atom. The van der Waals surface area contributed by atoms with Crippen LogP contribution in [-0.2, 0) is 0 Å². The van der Waals surface area contributed by atoms with Crippen molar-refractivity contribution in [2.45, 2.75) is 13.8 Å². The summed E-state index contributed by atoms with van der Waals surface area (Å²) in [4.78, 5) is 12.4. The van der Waals surface area contributed by atoms with Crippen molar-refractivity contribution in [1.82, 2.24) is 0 Å². The number of ether oxygens (including phenoxy) is 2. The number of amides is 1. The number of hydrogen-bond acceptors (Lipinski definition) is 4. The summed E-state index contributed by atoms with van der Waals surface area (Å²) in [6, 6.07) is 8.07. The number of rotatable bonds is 6. The van der Waals surface area contributed by atoms with E-state index in [0.29, 0.717) is 36.0 Å². The monoisotopic (exact) mass is 368 g/mol. The lowest BCUT2D eigenvalue weighted by molar-refractivity contribution is 0.102. The number of halogens is 2. The van der Waals surface area contributed by atoms with Crippen molar-refractivity contribution in [3.63, 3.8) is 0 Å². The Bertz CT molecular complexity index is 728. The summed E-state index contributed by atoms with van der Waals surface area (Å²) >= 11 is 11.9. The van der Waals surface area contributed by atoms with Gasteiger partial charge in [0.25, 0.3) is 5.91 Å². The molecule has 5 nitrogen and oxygen atoms in total. The Morgan fingerprint density at radius 3 is 2.21 bits per heavy atom. The molecule has 2 aromatic rings. The number of anilines is 2. The predicted molar refractivity (Wildman–Crippen MR) is 97.6 cm³/mol. The van der Waals surface area contributed by atoms with Crippen molar-refractivity contribution in [2.75, 3.05) is 24.3 Å². The Kier molecular flexibility index (Phi) is 6.17. The van der Waals surface area contributed by atoms with E-state index >= 15 is 0 Å². The van der Waals surface area contributed by atoms with Crippen molar-refractivity contribution >= 4 is 40.5 Å². The summed E-state index contributed by atoms with van der Waals surface area (Å²) in [6.45, 7) is 4.72. The maximum Gasteiger partial charge on any atom is 0.255 e. The molecule has 0 heterocycles. The second-order valence-corrected chi connectivity index (χ2v) is 5.65. The number of benzene rings is 2. The highest BCUT2D eigenvalue weighted by Crippen LogP contribution is 2.32. The maximum absolute atomic E-state index is 12.4. The smallest absolute Gasteiger partial charge is 0.255 e. The van der Waals surface area contributed by atoms with Crippen LogP contribution in [0.1, 0.15) is 24.2 Å². The SMILES string of the molecule is CCOc1ccc(C(=O)Nc2cc(Cl)c(N)c(Cl)c2)cc1OCC. The number of carbonyl (C=O) groups excluding carboxylic acids is 1. The van der Waals surface area contributed by atoms with Crippen LogP contribution < -0.4 is 20.5 Å². The molecule has 0 atom stereocenters. The van der Waals surface area contributed by atoms with Gasteiger partial charge in [-0.25, -0.2) is 0 Å². The largest absolute Gasteiger partial charge is 0.490 e. The van der Waals surface area contributed by atoms with Crippen molar-refractivity contribution in [2.24, 2.45) is 0 Å². The highest BCUT2D eigenvalue weighted by Gasteiger charge is 2.13. The topological polar surface area (TPSA) is 73.6 Å². The van der Waals surface area contributed by atoms with Gasteiger partial charge in [-0.1, -0.05) is 23.2 Å². The molecule has 0 radical (unpaired) electrons. The van der Waals surface area contributed by atoms with Gasteiger partial charge in [0.1, 0.15) is 0 Å². The van der Waals surface area contributed by atoms with Gasteiger partial charge in [0, 0.05) is 11.3 Å². The molecule has 7 heteroatoms. The third-order valence-corrected chi connectivity index (χ3v) is 3.77. The van der Waals surface area contributed by atoms with Gasteiger partial charge < -0.3 is 20.5 Å². The molecule has 0 aliphatic carbocycles. The van der Waals surface area contributed by atoms with Crippen molar-refractivity contribution in [1.29, 1.82) is 0 Å². The first kappa shape index (κ1) is 18.2. The van der Waals surface area contributed by atoms with E-state index in [1.807, 2.05) is 13.8 Å². The molecular weight excluding hydrogens is 351 g/mol. The number of nitrogens with one attached hydrogen (secondary N) is 1. The standard InChI is InChI=1S/C17H18Cl2N2O3/c1-3-23-14-6-5-10(7-15(14)24-4-2)17(22)21-11-8-12(18)16(20)13(19)9-11/h5-9H,3-4,20H2,1-2H3,(H,21,22). The summed E-state index contributed by atoms with van der Waals surface area (Å²) in [5.74, 6) is 0.783. The lowest BCUT2D eigenvalue weighted by Crippen LogP contribution is -2.12. The van der Waals surface area contributed by atoms with E-state index < -0.39 is 0 Å². The average molecular weight is 369 g/mol. The van der Waals surface area contributed by atoms with E-state index in [4.69, 9.17) is 38.4 Å². The fourth-order valence-corrected chi connectivity index (χ4v) is 2.54. The van der Waals surface area contributed by atoms with Crippen LogP contribution in [-0.4, -0.2) is 19.1 Å². The molecule has 0 aliphatic rings. The summed E-state index contributed by atoms with van der Waals surface area (Å²) in [7, 11) is 0. The third kappa shape index (κ3) is 4.24. The summed E-state index contributed by atoms with van der Waals surface area (Å²) in [5.41, 5.74) is 6.83. The van der Waals surface area contributed by atoms with Crippen LogP contribution in [0.3, 0.4) is 0 Å². The van der Waals surface area contributed by atoms with Gasteiger partial charge in [0.15, 0.2) is 11.5 Å². The molecule has 0 aliphatic heterocycles. The van der Waals surface area contributed by atoms with Gasteiger partial charge in [-0.3, -0.25) is 4.79 Å². The zero-order valence-electron chi connectivity index (χ0n) is 13.4. The van der Waals surface area contributed by atoms with E-state index in [9.17, 15) is 4.79 Å². The highest BCUT2D eigenvalue weighted by atomic mass is 35.5. The number of hydrogen-bond donors (Lipinski definition) is 2. The minimum absolute atomic E-state index is 0.274.